The van der Waals surface area contributed by atoms with Crippen LogP contribution in [0.1, 0.15) is 30.8 Å². The van der Waals surface area contributed by atoms with Gasteiger partial charge in [-0.3, -0.25) is 9.36 Å². The fourth-order valence-electron chi connectivity index (χ4n) is 2.76. The van der Waals surface area contributed by atoms with E-state index in [1.54, 1.807) is 26.0 Å². The van der Waals surface area contributed by atoms with Crippen LogP contribution < -0.4 is 5.32 Å². The Morgan fingerprint density at radius 2 is 1.90 bits per heavy atom. The third-order valence-corrected chi connectivity index (χ3v) is 6.65. The summed E-state index contributed by atoms with van der Waals surface area (Å²) in [6, 6.07) is 11.9. The fraction of sp³-hybridized carbons (Fsp3) is 0.318. The van der Waals surface area contributed by atoms with Gasteiger partial charge in [-0.1, -0.05) is 41.6 Å². The number of hydrogen-bond donors (Lipinski definition) is 1. The maximum Gasteiger partial charge on any atom is 0.227 e. The molecule has 3 rings (SSSR count). The molecule has 0 saturated carbocycles. The maximum atomic E-state index is 13.2. The Morgan fingerprint density at radius 1 is 1.19 bits per heavy atom. The topological polar surface area (TPSA) is 59.8 Å². The van der Waals surface area contributed by atoms with Crippen LogP contribution in [-0.4, -0.2) is 26.6 Å². The molecule has 0 aliphatic rings. The predicted molar refractivity (Wildman–Crippen MR) is 123 cm³/mol. The van der Waals surface area contributed by atoms with Gasteiger partial charge < -0.3 is 5.32 Å². The summed E-state index contributed by atoms with van der Waals surface area (Å²) in [6.07, 6.45) is 0. The van der Waals surface area contributed by atoms with Crippen molar-refractivity contribution in [3.05, 3.63) is 70.3 Å². The van der Waals surface area contributed by atoms with Crippen molar-refractivity contribution >= 4 is 40.9 Å². The number of halogens is 3. The van der Waals surface area contributed by atoms with E-state index >= 15 is 0 Å². The number of amides is 1. The molecule has 9 heteroatoms. The molecule has 3 aromatic rings. The second kappa shape index (κ2) is 10.0. The molecule has 1 amide bonds. The average molecular weight is 481 g/mol. The number of thioether (sulfide) groups is 1. The molecule has 0 bridgehead atoms. The van der Waals surface area contributed by atoms with Gasteiger partial charge in [-0.15, -0.1) is 21.8 Å². The van der Waals surface area contributed by atoms with E-state index in [2.05, 4.69) is 15.5 Å². The quantitative estimate of drug-likeness (QED) is 0.339. The van der Waals surface area contributed by atoms with Crippen LogP contribution in [0.15, 0.2) is 47.6 Å². The molecule has 1 aromatic heterocycles. The Hall–Kier alpha value is -2.09. The summed E-state index contributed by atoms with van der Waals surface area (Å²) in [6.45, 7) is 5.73. The number of carbonyl (C=O) groups is 1. The Balaban J connectivity index is 1.91. The molecule has 1 N–H and O–H groups in total. The molecular weight excluding hydrogens is 458 g/mol. The van der Waals surface area contributed by atoms with Gasteiger partial charge in [-0.25, -0.2) is 4.39 Å². The van der Waals surface area contributed by atoms with Crippen LogP contribution >= 0.6 is 35.0 Å². The number of nitrogens with zero attached hydrogens (tertiary/aromatic N) is 3. The van der Waals surface area contributed by atoms with E-state index in [0.717, 1.165) is 16.8 Å². The lowest BCUT2D eigenvalue weighted by atomic mass is 9.95. The number of rotatable bonds is 8. The van der Waals surface area contributed by atoms with Gasteiger partial charge in [0.25, 0.3) is 0 Å². The SMILES string of the molecule is Cc1ccc(Cl)cc1-n1c(CNC(=O)C(C)(C)CCl)nnc1SCc1ccc(F)cc1. The summed E-state index contributed by atoms with van der Waals surface area (Å²) in [7, 11) is 0. The van der Waals surface area contributed by atoms with E-state index in [1.807, 2.05) is 29.7 Å². The lowest BCUT2D eigenvalue weighted by Crippen LogP contribution is -2.38. The van der Waals surface area contributed by atoms with Crippen LogP contribution in [0.3, 0.4) is 0 Å². The number of carbonyl (C=O) groups excluding carboxylic acids is 1. The molecule has 0 aliphatic carbocycles. The Kier molecular flexibility index (Phi) is 7.62. The van der Waals surface area contributed by atoms with Crippen LogP contribution in [0.25, 0.3) is 5.69 Å². The Bertz CT molecular complexity index is 1070. The third-order valence-electron chi connectivity index (χ3n) is 4.75. The first-order chi connectivity index (χ1) is 14.7. The lowest BCUT2D eigenvalue weighted by Gasteiger charge is -2.20. The van der Waals surface area contributed by atoms with E-state index < -0.39 is 5.41 Å². The van der Waals surface area contributed by atoms with Crippen LogP contribution in [0.4, 0.5) is 4.39 Å². The summed E-state index contributed by atoms with van der Waals surface area (Å²) in [4.78, 5) is 12.5. The van der Waals surface area contributed by atoms with Crippen LogP contribution in [-0.2, 0) is 17.1 Å². The van der Waals surface area contributed by atoms with E-state index in [4.69, 9.17) is 23.2 Å². The summed E-state index contributed by atoms with van der Waals surface area (Å²) >= 11 is 13.6. The Labute approximate surface area is 195 Å². The number of hydrogen-bond acceptors (Lipinski definition) is 4. The molecule has 0 saturated heterocycles. The number of aromatic nitrogens is 3. The number of benzene rings is 2. The molecule has 164 valence electrons. The molecule has 0 aliphatic heterocycles. The number of alkyl halides is 1. The maximum absolute atomic E-state index is 13.2. The fourth-order valence-corrected chi connectivity index (χ4v) is 3.97. The van der Waals surface area contributed by atoms with Gasteiger partial charge >= 0.3 is 0 Å². The molecule has 2 aromatic carbocycles. The van der Waals surface area contributed by atoms with Crippen molar-refractivity contribution < 1.29 is 9.18 Å². The molecule has 0 fully saturated rings. The van der Waals surface area contributed by atoms with Crippen molar-refractivity contribution in [3.8, 4) is 5.69 Å². The van der Waals surface area contributed by atoms with Gasteiger partial charge in [-0.2, -0.15) is 0 Å². The highest BCUT2D eigenvalue weighted by atomic mass is 35.5. The van der Waals surface area contributed by atoms with Crippen molar-refractivity contribution in [3.63, 3.8) is 0 Å². The van der Waals surface area contributed by atoms with Crippen molar-refractivity contribution in [2.45, 2.75) is 38.2 Å². The molecule has 5 nitrogen and oxygen atoms in total. The summed E-state index contributed by atoms with van der Waals surface area (Å²) < 4.78 is 15.1. The molecule has 0 atom stereocenters. The van der Waals surface area contributed by atoms with Crippen molar-refractivity contribution in [2.24, 2.45) is 5.41 Å². The molecule has 0 radical (unpaired) electrons. The van der Waals surface area contributed by atoms with E-state index in [-0.39, 0.29) is 24.1 Å². The standard InChI is InChI=1S/C22H23Cl2FN4OS/c1-14-4-7-16(24)10-18(14)29-19(11-26-20(30)22(2,3)13-23)27-28-21(29)31-12-15-5-8-17(25)9-6-15/h4-10H,11-13H2,1-3H3,(H,26,30). The van der Waals surface area contributed by atoms with Gasteiger partial charge in [0.05, 0.1) is 17.6 Å². The van der Waals surface area contributed by atoms with Gasteiger partial charge in [0, 0.05) is 16.7 Å². The molecule has 0 unspecified atom stereocenters. The van der Waals surface area contributed by atoms with Crippen LogP contribution in [0.5, 0.6) is 0 Å². The van der Waals surface area contributed by atoms with Crippen molar-refractivity contribution in [2.75, 3.05) is 5.88 Å². The molecule has 31 heavy (non-hydrogen) atoms. The largest absolute Gasteiger partial charge is 0.348 e. The zero-order valence-corrected chi connectivity index (χ0v) is 19.8. The van der Waals surface area contributed by atoms with Crippen molar-refractivity contribution in [1.29, 1.82) is 0 Å². The zero-order valence-electron chi connectivity index (χ0n) is 17.5. The number of nitrogens with one attached hydrogen (secondary N) is 1. The molecule has 1 heterocycles. The van der Waals surface area contributed by atoms with Gasteiger partial charge in [0.15, 0.2) is 11.0 Å². The van der Waals surface area contributed by atoms with Gasteiger partial charge in [0.1, 0.15) is 5.82 Å². The first kappa shape index (κ1) is 23.6. The van der Waals surface area contributed by atoms with E-state index in [9.17, 15) is 9.18 Å². The van der Waals surface area contributed by atoms with Crippen LogP contribution in [0, 0.1) is 18.2 Å². The summed E-state index contributed by atoms with van der Waals surface area (Å²) in [5, 5.41) is 12.8. The van der Waals surface area contributed by atoms with Gasteiger partial charge in [0.2, 0.25) is 5.91 Å². The second-order valence-corrected chi connectivity index (χ2v) is 9.43. The minimum atomic E-state index is -0.696. The lowest BCUT2D eigenvalue weighted by molar-refractivity contribution is -0.128. The summed E-state index contributed by atoms with van der Waals surface area (Å²) in [5.74, 6) is 0.928. The second-order valence-electron chi connectivity index (χ2n) is 7.78. The first-order valence-corrected chi connectivity index (χ1v) is 11.5. The third kappa shape index (κ3) is 5.79. The monoisotopic (exact) mass is 480 g/mol. The minimum absolute atomic E-state index is 0.166. The van der Waals surface area contributed by atoms with Gasteiger partial charge in [-0.05, 0) is 56.2 Å². The minimum Gasteiger partial charge on any atom is -0.348 e. The average Bonchev–Trinajstić information content (AvgIpc) is 3.15. The number of aryl methyl sites for hydroxylation is 1. The molecule has 0 spiro atoms. The highest BCUT2D eigenvalue weighted by molar-refractivity contribution is 7.98. The van der Waals surface area contributed by atoms with E-state index in [0.29, 0.717) is 21.8 Å². The highest BCUT2D eigenvalue weighted by Crippen LogP contribution is 2.29. The predicted octanol–water partition coefficient (Wildman–Crippen LogP) is 5.54. The normalized spacial score (nSPS) is 11.5. The highest BCUT2D eigenvalue weighted by Gasteiger charge is 2.27. The summed E-state index contributed by atoms with van der Waals surface area (Å²) in [5.41, 5.74) is 2.09. The smallest absolute Gasteiger partial charge is 0.227 e. The van der Waals surface area contributed by atoms with Crippen molar-refractivity contribution in [1.82, 2.24) is 20.1 Å². The Morgan fingerprint density at radius 3 is 2.58 bits per heavy atom. The molecular formula is C22H23Cl2FN4OS. The zero-order chi connectivity index (χ0) is 22.6. The van der Waals surface area contributed by atoms with E-state index in [1.165, 1.54) is 23.9 Å². The van der Waals surface area contributed by atoms with Crippen LogP contribution in [0.2, 0.25) is 5.02 Å². The first-order valence-electron chi connectivity index (χ1n) is 9.63.